The first-order valence-corrected chi connectivity index (χ1v) is 10.7. The second kappa shape index (κ2) is 9.20. The van der Waals surface area contributed by atoms with E-state index in [1.165, 1.54) is 0 Å². The highest BCUT2D eigenvalue weighted by atomic mass is 16.5. The number of nitrogens with zero attached hydrogens (tertiary/aromatic N) is 3. The van der Waals surface area contributed by atoms with Crippen LogP contribution < -0.4 is 14.4 Å². The van der Waals surface area contributed by atoms with Gasteiger partial charge in [0.1, 0.15) is 0 Å². The Balaban J connectivity index is 1.54. The van der Waals surface area contributed by atoms with Crippen molar-refractivity contribution in [3.05, 3.63) is 53.9 Å². The molecule has 1 saturated heterocycles. The van der Waals surface area contributed by atoms with Crippen LogP contribution in [0.2, 0.25) is 0 Å². The number of aryl methyl sites for hydroxylation is 1. The van der Waals surface area contributed by atoms with Gasteiger partial charge in [-0.25, -0.2) is 0 Å². The lowest BCUT2D eigenvalue weighted by atomic mass is 10.1. The van der Waals surface area contributed by atoms with Crippen LogP contribution in [0.1, 0.15) is 44.1 Å². The summed E-state index contributed by atoms with van der Waals surface area (Å²) in [5, 5.41) is 4.14. The lowest BCUT2D eigenvalue weighted by Gasteiger charge is -2.19. The zero-order valence-corrected chi connectivity index (χ0v) is 18.1. The third kappa shape index (κ3) is 4.26. The molecule has 162 valence electrons. The van der Waals surface area contributed by atoms with Crippen molar-refractivity contribution in [2.45, 2.75) is 39.0 Å². The molecule has 0 N–H and O–H groups in total. The summed E-state index contributed by atoms with van der Waals surface area (Å²) in [6.45, 7) is 5.30. The molecule has 3 aromatic rings. The summed E-state index contributed by atoms with van der Waals surface area (Å²) < 4.78 is 16.7. The summed E-state index contributed by atoms with van der Waals surface area (Å²) >= 11 is 0. The van der Waals surface area contributed by atoms with E-state index < -0.39 is 0 Å². The summed E-state index contributed by atoms with van der Waals surface area (Å²) in [6, 6.07) is 13.6. The van der Waals surface area contributed by atoms with E-state index in [4.69, 9.17) is 14.0 Å². The van der Waals surface area contributed by atoms with Crippen molar-refractivity contribution < 1.29 is 18.8 Å². The molecule has 0 spiro atoms. The third-order valence-corrected chi connectivity index (χ3v) is 5.46. The molecule has 7 heteroatoms. The van der Waals surface area contributed by atoms with Gasteiger partial charge < -0.3 is 18.9 Å². The average molecular weight is 421 g/mol. The Morgan fingerprint density at radius 3 is 2.77 bits per heavy atom. The molecule has 1 aromatic heterocycles. The van der Waals surface area contributed by atoms with E-state index >= 15 is 0 Å². The van der Waals surface area contributed by atoms with Crippen molar-refractivity contribution in [1.82, 2.24) is 10.1 Å². The molecule has 1 aliphatic rings. The van der Waals surface area contributed by atoms with Crippen LogP contribution in [0.3, 0.4) is 0 Å². The van der Waals surface area contributed by atoms with E-state index in [1.54, 1.807) is 7.11 Å². The molecule has 0 aliphatic carbocycles. The fourth-order valence-electron chi connectivity index (χ4n) is 3.84. The number of hydrogen-bond donors (Lipinski definition) is 0. The highest BCUT2D eigenvalue weighted by Gasteiger charge is 2.35. The highest BCUT2D eigenvalue weighted by molar-refractivity contribution is 5.97. The number of hydrogen-bond acceptors (Lipinski definition) is 6. The zero-order valence-electron chi connectivity index (χ0n) is 18.1. The molecule has 1 amide bonds. The number of para-hydroxylation sites is 1. The van der Waals surface area contributed by atoms with Crippen LogP contribution >= 0.6 is 0 Å². The Bertz CT molecular complexity index is 1060. The molecule has 0 bridgehead atoms. The van der Waals surface area contributed by atoms with Gasteiger partial charge in [-0.05, 0) is 42.7 Å². The van der Waals surface area contributed by atoms with Crippen molar-refractivity contribution in [2.24, 2.45) is 0 Å². The minimum Gasteiger partial charge on any atom is -0.493 e. The Morgan fingerprint density at radius 2 is 2.00 bits per heavy atom. The molecule has 7 nitrogen and oxygen atoms in total. The van der Waals surface area contributed by atoms with E-state index in [9.17, 15) is 4.79 Å². The average Bonchev–Trinajstić information content (AvgIpc) is 3.44. The van der Waals surface area contributed by atoms with Gasteiger partial charge in [0.2, 0.25) is 17.6 Å². The number of carbonyl (C=O) groups is 1. The van der Waals surface area contributed by atoms with Gasteiger partial charge in [-0.15, -0.1) is 0 Å². The minimum atomic E-state index is -0.132. The first kappa shape index (κ1) is 20.9. The molecule has 1 atom stereocenters. The number of methoxy groups -OCH3 is 1. The second-order valence-electron chi connectivity index (χ2n) is 7.56. The Hall–Kier alpha value is -3.35. The fraction of sp³-hybridized carbons (Fsp3) is 0.375. The van der Waals surface area contributed by atoms with E-state index in [0.29, 0.717) is 42.8 Å². The molecular formula is C24H27N3O4. The third-order valence-electron chi connectivity index (χ3n) is 5.46. The van der Waals surface area contributed by atoms with Gasteiger partial charge in [0.15, 0.2) is 11.5 Å². The molecule has 0 radical (unpaired) electrons. The van der Waals surface area contributed by atoms with Crippen molar-refractivity contribution in [3.63, 3.8) is 0 Å². The molecule has 4 rings (SSSR count). The summed E-state index contributed by atoms with van der Waals surface area (Å²) in [5.41, 5.74) is 2.89. The topological polar surface area (TPSA) is 77.7 Å². The molecule has 2 heterocycles. The Kier molecular flexibility index (Phi) is 6.21. The lowest BCUT2D eigenvalue weighted by molar-refractivity contribution is -0.117. The van der Waals surface area contributed by atoms with Crippen molar-refractivity contribution >= 4 is 11.6 Å². The van der Waals surface area contributed by atoms with Gasteiger partial charge >= 0.3 is 0 Å². The molecule has 2 aromatic carbocycles. The lowest BCUT2D eigenvalue weighted by Crippen LogP contribution is -2.25. The highest BCUT2D eigenvalue weighted by Crippen LogP contribution is 2.35. The number of carbonyl (C=O) groups excluding carboxylic acids is 1. The monoisotopic (exact) mass is 421 g/mol. The smallest absolute Gasteiger partial charge is 0.232 e. The van der Waals surface area contributed by atoms with Crippen LogP contribution in [-0.4, -0.2) is 36.3 Å². The minimum absolute atomic E-state index is 0.0738. The van der Waals surface area contributed by atoms with Gasteiger partial charge in [-0.3, -0.25) is 4.79 Å². The van der Waals surface area contributed by atoms with E-state index in [0.717, 1.165) is 29.7 Å². The maximum atomic E-state index is 12.7. The van der Waals surface area contributed by atoms with Crippen LogP contribution in [0.25, 0.3) is 11.4 Å². The standard InChI is InChI=1S/C24H27N3O4/c1-4-12-30-20-11-10-17(13-21(20)29-3)23-25-24(31-26-23)18-14-22(28)27(15-18)19-9-7-6-8-16(19)5-2/h6-11,13,18H,4-5,12,14-15H2,1-3H3. The maximum Gasteiger partial charge on any atom is 0.232 e. The Labute approximate surface area is 182 Å². The van der Waals surface area contributed by atoms with E-state index in [-0.39, 0.29) is 11.8 Å². The first-order chi connectivity index (χ1) is 15.1. The predicted molar refractivity (Wildman–Crippen MR) is 118 cm³/mol. The molecule has 1 aliphatic heterocycles. The van der Waals surface area contributed by atoms with E-state index in [1.807, 2.05) is 41.3 Å². The normalized spacial score (nSPS) is 16.0. The summed E-state index contributed by atoms with van der Waals surface area (Å²) in [4.78, 5) is 19.1. The van der Waals surface area contributed by atoms with E-state index in [2.05, 4.69) is 30.1 Å². The van der Waals surface area contributed by atoms with Gasteiger partial charge in [0.25, 0.3) is 0 Å². The first-order valence-electron chi connectivity index (χ1n) is 10.7. The number of ether oxygens (including phenoxy) is 2. The van der Waals surface area contributed by atoms with Crippen LogP contribution in [-0.2, 0) is 11.2 Å². The largest absolute Gasteiger partial charge is 0.493 e. The van der Waals surface area contributed by atoms with Gasteiger partial charge in [0.05, 0.1) is 19.6 Å². The van der Waals surface area contributed by atoms with Crippen molar-refractivity contribution in [2.75, 3.05) is 25.2 Å². The number of benzene rings is 2. The number of anilines is 1. The van der Waals surface area contributed by atoms with Gasteiger partial charge in [-0.2, -0.15) is 4.98 Å². The molecule has 31 heavy (non-hydrogen) atoms. The molecule has 0 saturated carbocycles. The molecule has 1 fully saturated rings. The van der Waals surface area contributed by atoms with Crippen LogP contribution in [0.4, 0.5) is 5.69 Å². The van der Waals surface area contributed by atoms with Crippen LogP contribution in [0.5, 0.6) is 11.5 Å². The van der Waals surface area contributed by atoms with Crippen molar-refractivity contribution in [1.29, 1.82) is 0 Å². The summed E-state index contributed by atoms with van der Waals surface area (Å²) in [7, 11) is 1.60. The van der Waals surface area contributed by atoms with Gasteiger partial charge in [0, 0.05) is 24.2 Å². The van der Waals surface area contributed by atoms with Crippen molar-refractivity contribution in [3.8, 4) is 22.9 Å². The molecular weight excluding hydrogens is 394 g/mol. The maximum absolute atomic E-state index is 12.7. The zero-order chi connectivity index (χ0) is 21.8. The number of aromatic nitrogens is 2. The number of amides is 1. The summed E-state index contributed by atoms with van der Waals surface area (Å²) in [6.07, 6.45) is 2.14. The second-order valence-corrected chi connectivity index (χ2v) is 7.56. The quantitative estimate of drug-likeness (QED) is 0.528. The Morgan fingerprint density at radius 1 is 1.16 bits per heavy atom. The molecule has 1 unspecified atom stereocenters. The SMILES string of the molecule is CCCOc1ccc(-c2noc(C3CC(=O)N(c4ccccc4CC)C3)n2)cc1OC. The fourth-order valence-corrected chi connectivity index (χ4v) is 3.84. The predicted octanol–water partition coefficient (Wildman–Crippen LogP) is 4.62. The van der Waals surface area contributed by atoms with Crippen LogP contribution in [0, 0.1) is 0 Å². The number of rotatable bonds is 8. The summed E-state index contributed by atoms with van der Waals surface area (Å²) in [5.74, 6) is 2.19. The van der Waals surface area contributed by atoms with Gasteiger partial charge in [-0.1, -0.05) is 37.2 Å². The van der Waals surface area contributed by atoms with Crippen LogP contribution in [0.15, 0.2) is 47.0 Å².